The molecule has 0 saturated heterocycles. The molecule has 0 heterocycles. The molecule has 3 nitrogen and oxygen atoms in total. The number of likely N-dealkylation sites (N-methyl/N-ethyl adjacent to an activating group) is 1. The monoisotopic (exact) mass is 236 g/mol. The predicted molar refractivity (Wildman–Crippen MR) is 72.7 cm³/mol. The summed E-state index contributed by atoms with van der Waals surface area (Å²) in [6.45, 7) is 4.28. The van der Waals surface area contributed by atoms with Crippen molar-refractivity contribution in [3.63, 3.8) is 0 Å². The molecule has 0 aliphatic rings. The second kappa shape index (κ2) is 7.30. The molecule has 0 saturated carbocycles. The molecule has 3 heteroatoms. The van der Waals surface area contributed by atoms with Gasteiger partial charge in [0.15, 0.2) is 0 Å². The first kappa shape index (κ1) is 14.0. The number of methoxy groups -OCH3 is 1. The Labute approximate surface area is 105 Å². The zero-order valence-electron chi connectivity index (χ0n) is 11.4. The lowest BCUT2D eigenvalue weighted by Gasteiger charge is -2.18. The molecule has 1 N–H and O–H groups in total. The average molecular weight is 236 g/mol. The highest BCUT2D eigenvalue weighted by molar-refractivity contribution is 5.28. The van der Waals surface area contributed by atoms with Gasteiger partial charge in [-0.2, -0.15) is 0 Å². The molecule has 96 valence electrons. The van der Waals surface area contributed by atoms with E-state index < -0.39 is 0 Å². The van der Waals surface area contributed by atoms with Crippen molar-refractivity contribution in [2.45, 2.75) is 19.4 Å². The van der Waals surface area contributed by atoms with Gasteiger partial charge in [0, 0.05) is 12.6 Å². The van der Waals surface area contributed by atoms with Gasteiger partial charge in [-0.25, -0.2) is 0 Å². The van der Waals surface area contributed by atoms with Crippen LogP contribution >= 0.6 is 0 Å². The highest BCUT2D eigenvalue weighted by Crippen LogP contribution is 2.12. The molecule has 1 aromatic rings. The molecule has 0 fully saturated rings. The van der Waals surface area contributed by atoms with Crippen LogP contribution in [0.25, 0.3) is 0 Å². The summed E-state index contributed by atoms with van der Waals surface area (Å²) in [4.78, 5) is 2.20. The fourth-order valence-electron chi connectivity index (χ4n) is 1.90. The smallest absolute Gasteiger partial charge is 0.119 e. The topological polar surface area (TPSA) is 24.5 Å². The van der Waals surface area contributed by atoms with Crippen LogP contribution < -0.4 is 10.1 Å². The third kappa shape index (κ3) is 5.71. The lowest BCUT2D eigenvalue weighted by Crippen LogP contribution is -2.36. The lowest BCUT2D eigenvalue weighted by atomic mass is 10.1. The van der Waals surface area contributed by atoms with Gasteiger partial charge < -0.3 is 15.0 Å². The van der Waals surface area contributed by atoms with Crippen molar-refractivity contribution in [1.29, 1.82) is 0 Å². The average Bonchev–Trinajstić information content (AvgIpc) is 2.28. The molecule has 0 aliphatic carbocycles. The lowest BCUT2D eigenvalue weighted by molar-refractivity contribution is 0.351. The highest BCUT2D eigenvalue weighted by Gasteiger charge is 2.02. The zero-order chi connectivity index (χ0) is 12.7. The molecule has 0 spiro atoms. The maximum absolute atomic E-state index is 5.21. The van der Waals surface area contributed by atoms with Crippen LogP contribution in [-0.2, 0) is 6.42 Å². The van der Waals surface area contributed by atoms with Crippen molar-refractivity contribution in [2.24, 2.45) is 0 Å². The van der Waals surface area contributed by atoms with E-state index in [9.17, 15) is 0 Å². The second-order valence-corrected chi connectivity index (χ2v) is 4.72. The summed E-state index contributed by atoms with van der Waals surface area (Å²) in [5.41, 5.74) is 1.31. The van der Waals surface area contributed by atoms with Gasteiger partial charge in [0.25, 0.3) is 0 Å². The van der Waals surface area contributed by atoms with E-state index in [1.54, 1.807) is 7.11 Å². The fraction of sp³-hybridized carbons (Fsp3) is 0.571. The Hall–Kier alpha value is -1.06. The number of rotatable bonds is 7. The van der Waals surface area contributed by atoms with Gasteiger partial charge in [0.2, 0.25) is 0 Å². The maximum atomic E-state index is 5.21. The third-order valence-corrected chi connectivity index (χ3v) is 2.68. The van der Waals surface area contributed by atoms with Gasteiger partial charge in [-0.3, -0.25) is 0 Å². The van der Waals surface area contributed by atoms with E-state index in [0.29, 0.717) is 6.04 Å². The van der Waals surface area contributed by atoms with E-state index in [0.717, 1.165) is 25.3 Å². The number of benzene rings is 1. The summed E-state index contributed by atoms with van der Waals surface area (Å²) < 4.78 is 5.21. The van der Waals surface area contributed by atoms with Crippen LogP contribution in [0.3, 0.4) is 0 Å². The molecule has 0 amide bonds. The van der Waals surface area contributed by atoms with Gasteiger partial charge in [-0.1, -0.05) is 12.1 Å². The molecular formula is C14H24N2O. The number of ether oxygens (including phenoxy) is 1. The molecule has 1 atom stereocenters. The number of nitrogens with one attached hydrogen (secondary N) is 1. The van der Waals surface area contributed by atoms with Crippen LogP contribution in [0.5, 0.6) is 5.75 Å². The summed E-state index contributed by atoms with van der Waals surface area (Å²) in [7, 11) is 5.90. The fourth-order valence-corrected chi connectivity index (χ4v) is 1.90. The Morgan fingerprint density at radius 3 is 2.76 bits per heavy atom. The molecule has 0 aromatic heterocycles. The van der Waals surface area contributed by atoms with Gasteiger partial charge in [-0.15, -0.1) is 0 Å². The van der Waals surface area contributed by atoms with Crippen molar-refractivity contribution in [3.8, 4) is 5.75 Å². The predicted octanol–water partition coefficient (Wildman–Crippen LogP) is 1.78. The highest BCUT2D eigenvalue weighted by atomic mass is 16.5. The SMILES string of the molecule is COc1cccc(CCNC(C)CN(C)C)c1. The van der Waals surface area contributed by atoms with E-state index >= 15 is 0 Å². The van der Waals surface area contributed by atoms with Gasteiger partial charge in [-0.05, 0) is 51.7 Å². The number of hydrogen-bond donors (Lipinski definition) is 1. The molecule has 0 radical (unpaired) electrons. The molecule has 1 unspecified atom stereocenters. The van der Waals surface area contributed by atoms with Crippen LogP contribution in [0.1, 0.15) is 12.5 Å². The van der Waals surface area contributed by atoms with Crippen LogP contribution in [0.2, 0.25) is 0 Å². The first-order chi connectivity index (χ1) is 8.11. The minimum absolute atomic E-state index is 0.524. The van der Waals surface area contributed by atoms with Crippen molar-refractivity contribution in [1.82, 2.24) is 10.2 Å². The summed E-state index contributed by atoms with van der Waals surface area (Å²) in [5.74, 6) is 0.934. The number of nitrogens with zero attached hydrogens (tertiary/aromatic N) is 1. The Balaban J connectivity index is 2.30. The van der Waals surface area contributed by atoms with Crippen molar-refractivity contribution >= 4 is 0 Å². The van der Waals surface area contributed by atoms with Crippen molar-refractivity contribution < 1.29 is 4.74 Å². The van der Waals surface area contributed by atoms with Gasteiger partial charge >= 0.3 is 0 Å². The Kier molecular flexibility index (Phi) is 6.01. The van der Waals surface area contributed by atoms with Crippen LogP contribution in [0.15, 0.2) is 24.3 Å². The van der Waals surface area contributed by atoms with Crippen molar-refractivity contribution in [2.75, 3.05) is 34.3 Å². The molecule has 0 aliphatic heterocycles. The van der Waals surface area contributed by atoms with E-state index in [4.69, 9.17) is 4.74 Å². The van der Waals surface area contributed by atoms with E-state index in [1.165, 1.54) is 5.56 Å². The normalized spacial score (nSPS) is 12.8. The second-order valence-electron chi connectivity index (χ2n) is 4.72. The quantitative estimate of drug-likeness (QED) is 0.781. The maximum Gasteiger partial charge on any atom is 0.119 e. The molecule has 17 heavy (non-hydrogen) atoms. The van der Waals surface area contributed by atoms with Crippen LogP contribution in [0.4, 0.5) is 0 Å². The van der Waals surface area contributed by atoms with E-state index in [1.807, 2.05) is 12.1 Å². The molecular weight excluding hydrogens is 212 g/mol. The summed E-state index contributed by atoms with van der Waals surface area (Å²) in [5, 5.41) is 3.52. The largest absolute Gasteiger partial charge is 0.497 e. The standard InChI is InChI=1S/C14H24N2O/c1-12(11-16(2)3)15-9-8-13-6-5-7-14(10-13)17-4/h5-7,10,12,15H,8-9,11H2,1-4H3. The Bertz CT molecular complexity index is 326. The van der Waals surface area contributed by atoms with Crippen molar-refractivity contribution in [3.05, 3.63) is 29.8 Å². The minimum atomic E-state index is 0.524. The first-order valence-electron chi connectivity index (χ1n) is 6.13. The van der Waals surface area contributed by atoms with E-state index in [2.05, 4.69) is 43.4 Å². The zero-order valence-corrected chi connectivity index (χ0v) is 11.4. The van der Waals surface area contributed by atoms with Crippen LogP contribution in [0, 0.1) is 0 Å². The Morgan fingerprint density at radius 1 is 1.35 bits per heavy atom. The summed E-state index contributed by atoms with van der Waals surface area (Å²) in [6, 6.07) is 8.78. The van der Waals surface area contributed by atoms with Crippen LogP contribution in [-0.4, -0.2) is 45.2 Å². The molecule has 1 rings (SSSR count). The Morgan fingerprint density at radius 2 is 2.12 bits per heavy atom. The first-order valence-corrected chi connectivity index (χ1v) is 6.13. The molecule has 0 bridgehead atoms. The third-order valence-electron chi connectivity index (χ3n) is 2.68. The summed E-state index contributed by atoms with van der Waals surface area (Å²) in [6.07, 6.45) is 1.04. The van der Waals surface area contributed by atoms with Gasteiger partial charge in [0.1, 0.15) is 5.75 Å². The number of hydrogen-bond acceptors (Lipinski definition) is 3. The minimum Gasteiger partial charge on any atom is -0.497 e. The van der Waals surface area contributed by atoms with Gasteiger partial charge in [0.05, 0.1) is 7.11 Å². The van der Waals surface area contributed by atoms with E-state index in [-0.39, 0.29) is 0 Å². The summed E-state index contributed by atoms with van der Waals surface area (Å²) >= 11 is 0. The molecule has 1 aromatic carbocycles.